The van der Waals surface area contributed by atoms with Gasteiger partial charge in [0.2, 0.25) is 0 Å². The maximum absolute atomic E-state index is 11.0. The number of rotatable bonds is 4. The molecular formula is C30H50O2. The van der Waals surface area contributed by atoms with Crippen molar-refractivity contribution < 1.29 is 10.2 Å². The molecule has 0 saturated heterocycles. The Labute approximate surface area is 198 Å². The van der Waals surface area contributed by atoms with Crippen LogP contribution in [-0.2, 0) is 0 Å². The fourth-order valence-electron chi connectivity index (χ4n) is 9.40. The normalized spacial score (nSPS) is 44.9. The highest BCUT2D eigenvalue weighted by molar-refractivity contribution is 5.38. The van der Waals surface area contributed by atoms with Crippen LogP contribution in [-0.4, -0.2) is 22.4 Å². The predicted octanol–water partition coefficient (Wildman–Crippen LogP) is 7.45. The molecule has 2 fully saturated rings. The minimum atomic E-state index is -0.238. The molecule has 8 atom stereocenters. The van der Waals surface area contributed by atoms with E-state index < -0.39 is 0 Å². The molecule has 0 radical (unpaired) electrons. The SMILES string of the molecule is CC(C)=CC[C@@H](O)[C@H](C)[C@@H]1CCC2(C)C3=C(CC[C@]12C)[C@@]1(C)CC[C@H](O)C(C)(C)C1CC3. The smallest absolute Gasteiger partial charge is 0.0603 e. The van der Waals surface area contributed by atoms with Crippen LogP contribution in [0.2, 0.25) is 0 Å². The van der Waals surface area contributed by atoms with Crippen LogP contribution in [0.4, 0.5) is 0 Å². The first-order valence-electron chi connectivity index (χ1n) is 13.5. The molecule has 4 rings (SSSR count). The van der Waals surface area contributed by atoms with E-state index in [-0.39, 0.29) is 33.9 Å². The second-order valence-electron chi connectivity index (χ2n) is 13.7. The Morgan fingerprint density at radius 2 is 1.66 bits per heavy atom. The monoisotopic (exact) mass is 442 g/mol. The molecular weight excluding hydrogens is 392 g/mol. The summed E-state index contributed by atoms with van der Waals surface area (Å²) in [5.74, 6) is 1.53. The van der Waals surface area contributed by atoms with Crippen molar-refractivity contribution in [3.05, 3.63) is 22.8 Å². The predicted molar refractivity (Wildman–Crippen MR) is 134 cm³/mol. The van der Waals surface area contributed by atoms with E-state index in [0.717, 1.165) is 19.3 Å². The van der Waals surface area contributed by atoms with E-state index in [9.17, 15) is 10.2 Å². The fraction of sp³-hybridized carbons (Fsp3) is 0.867. The van der Waals surface area contributed by atoms with Crippen LogP contribution in [0.5, 0.6) is 0 Å². The fourth-order valence-corrected chi connectivity index (χ4v) is 9.40. The zero-order chi connectivity index (χ0) is 23.7. The van der Waals surface area contributed by atoms with Crippen molar-refractivity contribution in [2.45, 2.75) is 125 Å². The maximum Gasteiger partial charge on any atom is 0.0603 e. The van der Waals surface area contributed by atoms with Gasteiger partial charge in [0.15, 0.2) is 0 Å². The van der Waals surface area contributed by atoms with Crippen LogP contribution in [0.3, 0.4) is 0 Å². The molecule has 2 nitrogen and oxygen atoms in total. The van der Waals surface area contributed by atoms with E-state index in [4.69, 9.17) is 0 Å². The number of aliphatic hydroxyl groups is 2. The zero-order valence-corrected chi connectivity index (χ0v) is 22.2. The van der Waals surface area contributed by atoms with Crippen LogP contribution in [0.1, 0.15) is 113 Å². The van der Waals surface area contributed by atoms with E-state index in [1.54, 1.807) is 11.1 Å². The summed E-state index contributed by atoms with van der Waals surface area (Å²) < 4.78 is 0. The summed E-state index contributed by atoms with van der Waals surface area (Å²) in [7, 11) is 0. The lowest BCUT2D eigenvalue weighted by molar-refractivity contribution is -0.0969. The van der Waals surface area contributed by atoms with E-state index in [0.29, 0.717) is 17.8 Å². The first-order chi connectivity index (χ1) is 14.8. The molecule has 2 unspecified atom stereocenters. The highest BCUT2D eigenvalue weighted by atomic mass is 16.3. The lowest BCUT2D eigenvalue weighted by Crippen LogP contribution is -2.55. The molecule has 0 aromatic carbocycles. The summed E-state index contributed by atoms with van der Waals surface area (Å²) in [5, 5.41) is 21.9. The van der Waals surface area contributed by atoms with Gasteiger partial charge in [-0.15, -0.1) is 0 Å². The van der Waals surface area contributed by atoms with Gasteiger partial charge in [0.05, 0.1) is 12.2 Å². The largest absolute Gasteiger partial charge is 0.393 e. The number of aliphatic hydroxyl groups excluding tert-OH is 2. The van der Waals surface area contributed by atoms with Gasteiger partial charge in [-0.2, -0.15) is 0 Å². The lowest BCUT2D eigenvalue weighted by Gasteiger charge is -2.62. The standard InChI is InChI=1S/C30H50O2/c1-19(2)9-11-24(31)20(3)21-13-17-30(8)23-10-12-25-27(4,5)26(32)15-16-28(25,6)22(23)14-18-29(21,30)7/h9,20-21,24-26,31-32H,10-18H2,1-8H3/t20-,21+,24-,25?,26+,28-,29-,30?/m1/s1. The molecule has 4 aliphatic carbocycles. The first-order valence-corrected chi connectivity index (χ1v) is 13.5. The van der Waals surface area contributed by atoms with Crippen LogP contribution in [0.15, 0.2) is 22.8 Å². The van der Waals surface area contributed by atoms with Gasteiger partial charge in [0.1, 0.15) is 0 Å². The first kappa shape index (κ1) is 24.5. The quantitative estimate of drug-likeness (QED) is 0.444. The number of fused-ring (bicyclic) bond motifs is 4. The average Bonchev–Trinajstić information content (AvgIpc) is 3.00. The summed E-state index contributed by atoms with van der Waals surface area (Å²) >= 11 is 0. The highest BCUT2D eigenvalue weighted by Gasteiger charge is 2.63. The van der Waals surface area contributed by atoms with Crippen molar-refractivity contribution in [3.63, 3.8) is 0 Å². The van der Waals surface area contributed by atoms with E-state index in [1.807, 2.05) is 0 Å². The van der Waals surface area contributed by atoms with Crippen LogP contribution in [0.25, 0.3) is 0 Å². The highest BCUT2D eigenvalue weighted by Crippen LogP contribution is 2.72. The van der Waals surface area contributed by atoms with Crippen molar-refractivity contribution in [1.29, 1.82) is 0 Å². The Morgan fingerprint density at radius 3 is 2.31 bits per heavy atom. The van der Waals surface area contributed by atoms with Crippen LogP contribution < -0.4 is 0 Å². The molecule has 0 heterocycles. The molecule has 2 saturated carbocycles. The Kier molecular flexibility index (Phi) is 6.11. The van der Waals surface area contributed by atoms with Gasteiger partial charge in [-0.05, 0) is 111 Å². The Hall–Kier alpha value is -0.600. The van der Waals surface area contributed by atoms with E-state index in [2.05, 4.69) is 61.5 Å². The Balaban J connectivity index is 1.67. The van der Waals surface area contributed by atoms with Gasteiger partial charge >= 0.3 is 0 Å². The number of hydrogen-bond acceptors (Lipinski definition) is 2. The maximum atomic E-state index is 11.0. The minimum absolute atomic E-state index is 0.00888. The third kappa shape index (κ3) is 3.33. The topological polar surface area (TPSA) is 40.5 Å². The molecule has 182 valence electrons. The third-order valence-electron chi connectivity index (χ3n) is 11.8. The van der Waals surface area contributed by atoms with Crippen LogP contribution >= 0.6 is 0 Å². The zero-order valence-electron chi connectivity index (χ0n) is 22.2. The third-order valence-corrected chi connectivity index (χ3v) is 11.8. The van der Waals surface area contributed by atoms with Gasteiger partial charge in [-0.1, -0.05) is 64.3 Å². The summed E-state index contributed by atoms with van der Waals surface area (Å²) in [4.78, 5) is 0. The molecule has 0 bridgehead atoms. The summed E-state index contributed by atoms with van der Waals surface area (Å²) in [6.07, 6.45) is 12.2. The van der Waals surface area contributed by atoms with Gasteiger partial charge < -0.3 is 10.2 Å². The van der Waals surface area contributed by atoms with Crippen LogP contribution in [0, 0.1) is 39.4 Å². The van der Waals surface area contributed by atoms with E-state index in [1.165, 1.54) is 44.1 Å². The molecule has 0 amide bonds. The molecule has 4 aliphatic rings. The minimum Gasteiger partial charge on any atom is -0.393 e. The van der Waals surface area contributed by atoms with Gasteiger partial charge in [-0.3, -0.25) is 0 Å². The van der Waals surface area contributed by atoms with Crippen molar-refractivity contribution in [3.8, 4) is 0 Å². The summed E-state index contributed by atoms with van der Waals surface area (Å²) in [6, 6.07) is 0. The average molecular weight is 443 g/mol. The van der Waals surface area contributed by atoms with Gasteiger partial charge in [0.25, 0.3) is 0 Å². The Bertz CT molecular complexity index is 802. The molecule has 0 aromatic heterocycles. The second kappa shape index (κ2) is 7.98. The lowest BCUT2D eigenvalue weighted by atomic mass is 9.43. The van der Waals surface area contributed by atoms with Crippen molar-refractivity contribution in [1.82, 2.24) is 0 Å². The molecule has 2 N–H and O–H groups in total. The Morgan fingerprint density at radius 1 is 0.969 bits per heavy atom. The number of allylic oxidation sites excluding steroid dienone is 3. The second-order valence-corrected chi connectivity index (χ2v) is 13.7. The van der Waals surface area contributed by atoms with Gasteiger partial charge in [0, 0.05) is 0 Å². The molecule has 32 heavy (non-hydrogen) atoms. The van der Waals surface area contributed by atoms with Crippen molar-refractivity contribution in [2.75, 3.05) is 0 Å². The molecule has 0 aliphatic heterocycles. The molecule has 0 aromatic rings. The van der Waals surface area contributed by atoms with Crippen molar-refractivity contribution >= 4 is 0 Å². The summed E-state index contributed by atoms with van der Waals surface area (Å²) in [6.45, 7) is 18.9. The van der Waals surface area contributed by atoms with Gasteiger partial charge in [-0.25, -0.2) is 0 Å². The van der Waals surface area contributed by atoms with Crippen molar-refractivity contribution in [2.24, 2.45) is 39.4 Å². The van der Waals surface area contributed by atoms with E-state index >= 15 is 0 Å². The molecule has 0 spiro atoms. The molecule has 2 heteroatoms. The number of hydrogen-bond donors (Lipinski definition) is 2. The summed E-state index contributed by atoms with van der Waals surface area (Å²) in [5.41, 5.74) is 5.70.